The second-order valence-corrected chi connectivity index (χ2v) is 7.56. The third-order valence-electron chi connectivity index (χ3n) is 5.18. The fourth-order valence-electron chi connectivity index (χ4n) is 3.74. The highest BCUT2D eigenvalue weighted by Crippen LogP contribution is 2.31. The van der Waals surface area contributed by atoms with Crippen LogP contribution in [-0.2, 0) is 20.7 Å². The summed E-state index contributed by atoms with van der Waals surface area (Å²) in [4.78, 5) is 28.6. The van der Waals surface area contributed by atoms with E-state index in [1.54, 1.807) is 0 Å². The molecule has 2 amide bonds. The van der Waals surface area contributed by atoms with Crippen molar-refractivity contribution in [2.75, 3.05) is 51.3 Å². The summed E-state index contributed by atoms with van der Waals surface area (Å²) in [5.74, 6) is -1.16. The zero-order valence-electron chi connectivity index (χ0n) is 16.5. The number of nitrogens with one attached hydrogen (secondary N) is 2. The summed E-state index contributed by atoms with van der Waals surface area (Å²) in [5, 5.41) is 5.45. The first-order valence-electron chi connectivity index (χ1n) is 9.70. The average Bonchev–Trinajstić information content (AvgIpc) is 3.02. The van der Waals surface area contributed by atoms with E-state index in [-0.39, 0.29) is 12.1 Å². The van der Waals surface area contributed by atoms with Crippen LogP contribution in [0.2, 0.25) is 0 Å². The maximum atomic E-state index is 12.2. The molecule has 3 rings (SSSR count). The maximum Gasteiger partial charge on any atom is 0.309 e. The van der Waals surface area contributed by atoms with Gasteiger partial charge in [0.15, 0.2) is 0 Å². The Hall–Kier alpha value is -2.12. The SMILES string of the molecule is CC(C)NC(=O)C(=O)NCC(c1ccc2c(c1)CCN2C)N1CCOCC1. The maximum absolute atomic E-state index is 12.2. The number of hydrogen-bond donors (Lipinski definition) is 2. The van der Waals surface area contributed by atoms with Crippen molar-refractivity contribution >= 4 is 17.5 Å². The minimum atomic E-state index is -0.582. The molecule has 0 bridgehead atoms. The van der Waals surface area contributed by atoms with Crippen molar-refractivity contribution in [2.24, 2.45) is 0 Å². The smallest absolute Gasteiger partial charge is 0.309 e. The number of likely N-dealkylation sites (N-methyl/N-ethyl adjacent to an activating group) is 1. The molecule has 1 unspecified atom stereocenters. The van der Waals surface area contributed by atoms with Gasteiger partial charge >= 0.3 is 11.8 Å². The van der Waals surface area contributed by atoms with Crippen molar-refractivity contribution in [1.29, 1.82) is 0 Å². The van der Waals surface area contributed by atoms with Gasteiger partial charge in [0.25, 0.3) is 0 Å². The summed E-state index contributed by atoms with van der Waals surface area (Å²) in [7, 11) is 2.11. The fraction of sp³-hybridized carbons (Fsp3) is 0.600. The van der Waals surface area contributed by atoms with Crippen LogP contribution in [0.1, 0.15) is 31.0 Å². The fourth-order valence-corrected chi connectivity index (χ4v) is 3.74. The second kappa shape index (κ2) is 8.71. The Morgan fingerprint density at radius 1 is 1.15 bits per heavy atom. The quantitative estimate of drug-likeness (QED) is 0.742. The van der Waals surface area contributed by atoms with Crippen molar-refractivity contribution in [3.63, 3.8) is 0 Å². The lowest BCUT2D eigenvalue weighted by Gasteiger charge is -2.35. The minimum Gasteiger partial charge on any atom is -0.379 e. The van der Waals surface area contributed by atoms with Crippen molar-refractivity contribution in [3.05, 3.63) is 29.3 Å². The first-order valence-corrected chi connectivity index (χ1v) is 9.70. The van der Waals surface area contributed by atoms with Crippen LogP contribution in [0.25, 0.3) is 0 Å². The lowest BCUT2D eigenvalue weighted by Crippen LogP contribution is -2.47. The zero-order chi connectivity index (χ0) is 19.4. The third-order valence-corrected chi connectivity index (χ3v) is 5.18. The van der Waals surface area contributed by atoms with Crippen molar-refractivity contribution in [1.82, 2.24) is 15.5 Å². The number of nitrogens with zero attached hydrogens (tertiary/aromatic N) is 2. The molecule has 2 aliphatic rings. The van der Waals surface area contributed by atoms with Gasteiger partial charge in [0, 0.05) is 45.0 Å². The number of morpholine rings is 1. The molecule has 1 atom stereocenters. The standard InChI is InChI=1S/C20H30N4O3/c1-14(2)22-20(26)19(25)21-13-18(24-8-10-27-11-9-24)15-4-5-17-16(12-15)6-7-23(17)3/h4-5,12,14,18H,6-11,13H2,1-3H3,(H,21,25)(H,22,26). The van der Waals surface area contributed by atoms with Crippen molar-refractivity contribution < 1.29 is 14.3 Å². The molecule has 1 aromatic rings. The molecule has 0 aliphatic carbocycles. The van der Waals surface area contributed by atoms with E-state index in [9.17, 15) is 9.59 Å². The van der Waals surface area contributed by atoms with Gasteiger partial charge in [0.1, 0.15) is 0 Å². The van der Waals surface area contributed by atoms with E-state index in [4.69, 9.17) is 4.74 Å². The number of ether oxygens (including phenoxy) is 1. The van der Waals surface area contributed by atoms with Crippen LogP contribution in [-0.4, -0.2) is 69.2 Å². The molecule has 0 aromatic heterocycles. The van der Waals surface area contributed by atoms with Crippen LogP contribution in [0.4, 0.5) is 5.69 Å². The minimum absolute atomic E-state index is 0.0286. The number of carbonyl (C=O) groups is 2. The van der Waals surface area contributed by atoms with Crippen LogP contribution in [0, 0.1) is 0 Å². The van der Waals surface area contributed by atoms with Crippen LogP contribution in [0.3, 0.4) is 0 Å². The van der Waals surface area contributed by atoms with E-state index in [0.717, 1.165) is 26.1 Å². The Kier molecular flexibility index (Phi) is 6.34. The van der Waals surface area contributed by atoms with Gasteiger partial charge in [-0.05, 0) is 37.5 Å². The van der Waals surface area contributed by atoms with Gasteiger partial charge in [-0.3, -0.25) is 14.5 Å². The number of hydrogen-bond acceptors (Lipinski definition) is 5. The van der Waals surface area contributed by atoms with E-state index in [1.807, 2.05) is 13.8 Å². The van der Waals surface area contributed by atoms with Crippen LogP contribution < -0.4 is 15.5 Å². The normalized spacial score (nSPS) is 18.3. The van der Waals surface area contributed by atoms with Crippen molar-refractivity contribution in [2.45, 2.75) is 32.4 Å². The highest BCUT2D eigenvalue weighted by Gasteiger charge is 2.26. The van der Waals surface area contributed by atoms with Gasteiger partial charge < -0.3 is 20.3 Å². The van der Waals surface area contributed by atoms with Gasteiger partial charge in [-0.25, -0.2) is 0 Å². The summed E-state index contributed by atoms with van der Waals surface area (Å²) in [6.07, 6.45) is 1.04. The van der Waals surface area contributed by atoms with E-state index in [2.05, 4.69) is 45.7 Å². The molecule has 0 spiro atoms. The number of rotatable bonds is 5. The number of carbonyl (C=O) groups excluding carboxylic acids is 2. The molecule has 7 nitrogen and oxygen atoms in total. The van der Waals surface area contributed by atoms with E-state index < -0.39 is 11.8 Å². The third kappa shape index (κ3) is 4.78. The molecule has 0 radical (unpaired) electrons. The van der Waals surface area contributed by atoms with Crippen LogP contribution in [0.5, 0.6) is 0 Å². The van der Waals surface area contributed by atoms with Gasteiger partial charge in [0.2, 0.25) is 0 Å². The highest BCUT2D eigenvalue weighted by molar-refractivity contribution is 6.35. The monoisotopic (exact) mass is 374 g/mol. The average molecular weight is 374 g/mol. The molecule has 1 aromatic carbocycles. The predicted octanol–water partition coefficient (Wildman–Crippen LogP) is 0.693. The van der Waals surface area contributed by atoms with E-state index >= 15 is 0 Å². The Balaban J connectivity index is 1.73. The molecule has 2 heterocycles. The summed E-state index contributed by atoms with van der Waals surface area (Å²) in [6, 6.07) is 6.52. The summed E-state index contributed by atoms with van der Waals surface area (Å²) >= 11 is 0. The largest absolute Gasteiger partial charge is 0.379 e. The second-order valence-electron chi connectivity index (χ2n) is 7.56. The topological polar surface area (TPSA) is 73.9 Å². The molecule has 1 saturated heterocycles. The van der Waals surface area contributed by atoms with Gasteiger partial charge in [0.05, 0.1) is 19.3 Å². The highest BCUT2D eigenvalue weighted by atomic mass is 16.5. The van der Waals surface area contributed by atoms with Crippen molar-refractivity contribution in [3.8, 4) is 0 Å². The van der Waals surface area contributed by atoms with Gasteiger partial charge in [-0.2, -0.15) is 0 Å². The zero-order valence-corrected chi connectivity index (χ0v) is 16.5. The number of amides is 2. The number of anilines is 1. The Morgan fingerprint density at radius 2 is 1.89 bits per heavy atom. The summed E-state index contributed by atoms with van der Waals surface area (Å²) in [6.45, 7) is 8.11. The molecule has 2 aliphatic heterocycles. The molecule has 148 valence electrons. The van der Waals surface area contributed by atoms with Crippen LogP contribution in [0.15, 0.2) is 18.2 Å². The van der Waals surface area contributed by atoms with E-state index in [0.29, 0.717) is 19.8 Å². The lowest BCUT2D eigenvalue weighted by atomic mass is 10.0. The molecular weight excluding hydrogens is 344 g/mol. The first kappa shape index (κ1) is 19.6. The lowest BCUT2D eigenvalue weighted by molar-refractivity contribution is -0.139. The first-order chi connectivity index (χ1) is 13.0. The molecule has 7 heteroatoms. The molecular formula is C20H30N4O3. The Bertz CT molecular complexity index is 686. The summed E-state index contributed by atoms with van der Waals surface area (Å²) in [5.41, 5.74) is 3.80. The van der Waals surface area contributed by atoms with Gasteiger partial charge in [-0.1, -0.05) is 12.1 Å². The molecule has 2 N–H and O–H groups in total. The molecule has 0 saturated carbocycles. The number of fused-ring (bicyclic) bond motifs is 1. The van der Waals surface area contributed by atoms with E-state index in [1.165, 1.54) is 16.8 Å². The number of benzene rings is 1. The van der Waals surface area contributed by atoms with Crippen LogP contribution >= 0.6 is 0 Å². The molecule has 1 fully saturated rings. The van der Waals surface area contributed by atoms with Gasteiger partial charge in [-0.15, -0.1) is 0 Å². The summed E-state index contributed by atoms with van der Waals surface area (Å²) < 4.78 is 5.48. The Labute approximate surface area is 161 Å². The predicted molar refractivity (Wildman–Crippen MR) is 105 cm³/mol. The Morgan fingerprint density at radius 3 is 2.59 bits per heavy atom. The molecule has 27 heavy (non-hydrogen) atoms.